The first kappa shape index (κ1) is 16.3. The van der Waals surface area contributed by atoms with E-state index in [0.29, 0.717) is 6.42 Å². The summed E-state index contributed by atoms with van der Waals surface area (Å²) in [5.41, 5.74) is 3.10. The Kier molecular flexibility index (Phi) is 4.70. The summed E-state index contributed by atoms with van der Waals surface area (Å²) >= 11 is 0. The van der Waals surface area contributed by atoms with Gasteiger partial charge in [-0.2, -0.15) is 0 Å². The van der Waals surface area contributed by atoms with Crippen molar-refractivity contribution in [2.75, 3.05) is 0 Å². The van der Waals surface area contributed by atoms with Crippen molar-refractivity contribution < 1.29 is 13.6 Å². The van der Waals surface area contributed by atoms with Crippen LogP contribution in [0.3, 0.4) is 0 Å². The lowest BCUT2D eigenvalue weighted by Gasteiger charge is -2.23. The fourth-order valence-corrected chi connectivity index (χ4v) is 2.89. The number of Topliss-reactive ketones (excluding diaryl/α,β-unsaturated/α-hetero) is 1. The predicted molar refractivity (Wildman–Crippen MR) is 92.2 cm³/mol. The van der Waals surface area contributed by atoms with Crippen molar-refractivity contribution in [3.63, 3.8) is 0 Å². The summed E-state index contributed by atoms with van der Waals surface area (Å²) in [7, 11) is 0. The minimum Gasteiger partial charge on any atom is -0.289 e. The molecule has 1 aliphatic rings. The van der Waals surface area contributed by atoms with E-state index < -0.39 is 0 Å². The molecule has 0 heterocycles. The lowest BCUT2D eigenvalue weighted by Crippen LogP contribution is -2.19. The Balaban J connectivity index is 1.91. The Morgan fingerprint density at radius 3 is 1.92 bits per heavy atom. The summed E-state index contributed by atoms with van der Waals surface area (Å²) in [5, 5.41) is 0. The lowest BCUT2D eigenvalue weighted by atomic mass is 9.80. The van der Waals surface area contributed by atoms with E-state index in [1.807, 2.05) is 19.1 Å². The monoisotopic (exact) mass is 324 g/mol. The zero-order chi connectivity index (χ0) is 17.1. The maximum absolute atomic E-state index is 13.0. The summed E-state index contributed by atoms with van der Waals surface area (Å²) in [6.45, 7) is 2.03. The number of hydrogen-bond donors (Lipinski definition) is 0. The minimum atomic E-state index is -0.294. The maximum Gasteiger partial charge on any atom is 0.185 e. The van der Waals surface area contributed by atoms with Crippen LogP contribution in [0.5, 0.6) is 0 Å². The van der Waals surface area contributed by atoms with Crippen LogP contribution in [0.15, 0.2) is 59.7 Å². The first-order chi connectivity index (χ1) is 11.5. The zero-order valence-electron chi connectivity index (χ0n) is 13.4. The molecule has 1 saturated carbocycles. The Morgan fingerprint density at radius 2 is 1.38 bits per heavy atom. The molecule has 0 unspecified atom stereocenters. The summed E-state index contributed by atoms with van der Waals surface area (Å²) in [5.74, 6) is -0.412. The van der Waals surface area contributed by atoms with E-state index in [1.165, 1.54) is 24.3 Å². The Labute approximate surface area is 140 Å². The molecule has 0 amide bonds. The van der Waals surface area contributed by atoms with Gasteiger partial charge in [-0.3, -0.25) is 4.79 Å². The van der Waals surface area contributed by atoms with E-state index in [1.54, 1.807) is 24.3 Å². The number of benzene rings is 2. The summed E-state index contributed by atoms with van der Waals surface area (Å²) < 4.78 is 26.0. The molecule has 3 rings (SSSR count). The molecule has 0 saturated heterocycles. The van der Waals surface area contributed by atoms with Gasteiger partial charge in [0, 0.05) is 11.1 Å². The van der Waals surface area contributed by atoms with Crippen molar-refractivity contribution in [3.05, 3.63) is 82.4 Å². The van der Waals surface area contributed by atoms with Crippen LogP contribution < -0.4 is 0 Å². The summed E-state index contributed by atoms with van der Waals surface area (Å²) in [6.07, 6.45) is 5.25. The molecule has 0 radical (unpaired) electrons. The van der Waals surface area contributed by atoms with Crippen LogP contribution in [0.1, 0.15) is 30.9 Å². The number of hydrogen-bond acceptors (Lipinski definition) is 1. The molecule has 1 aliphatic carbocycles. The second-order valence-corrected chi connectivity index (χ2v) is 6.14. The smallest absolute Gasteiger partial charge is 0.185 e. The highest BCUT2D eigenvalue weighted by atomic mass is 19.1. The molecule has 3 heteroatoms. The number of allylic oxidation sites excluding steroid dienone is 2. The van der Waals surface area contributed by atoms with Gasteiger partial charge in [0.2, 0.25) is 0 Å². The predicted octanol–water partition coefficient (Wildman–Crippen LogP) is 5.43. The minimum absolute atomic E-state index is 0.0161. The van der Waals surface area contributed by atoms with Crippen LogP contribution in [-0.2, 0) is 4.79 Å². The van der Waals surface area contributed by atoms with E-state index in [-0.39, 0.29) is 23.3 Å². The second kappa shape index (κ2) is 6.91. The molecule has 0 aromatic heterocycles. The van der Waals surface area contributed by atoms with E-state index in [9.17, 15) is 13.6 Å². The first-order valence-corrected chi connectivity index (χ1v) is 8.01. The average molecular weight is 324 g/mol. The SMILES string of the molecule is C[C@@H]1CC/C(=C\c2ccc(F)cc2)C(=O)/C1=C/c1ccc(F)cc1. The van der Waals surface area contributed by atoms with Crippen molar-refractivity contribution in [1.82, 2.24) is 0 Å². The summed E-state index contributed by atoms with van der Waals surface area (Å²) in [4.78, 5) is 12.8. The molecule has 0 spiro atoms. The fourth-order valence-electron chi connectivity index (χ4n) is 2.89. The Bertz CT molecular complexity index is 799. The van der Waals surface area contributed by atoms with Crippen LogP contribution in [0, 0.1) is 17.6 Å². The molecular formula is C21H18F2O. The normalized spacial score (nSPS) is 21.5. The largest absolute Gasteiger partial charge is 0.289 e. The topological polar surface area (TPSA) is 17.1 Å². The van der Waals surface area contributed by atoms with Gasteiger partial charge >= 0.3 is 0 Å². The molecule has 1 fully saturated rings. The standard InChI is InChI=1S/C21H18F2O/c1-14-2-7-17(12-15-3-8-18(22)9-4-15)21(24)20(14)13-16-5-10-19(23)11-6-16/h3-6,8-14H,2,7H2,1H3/b17-12+,20-13+/t14-/m1/s1. The number of rotatable bonds is 2. The van der Waals surface area contributed by atoms with Crippen molar-refractivity contribution >= 4 is 17.9 Å². The molecule has 2 aromatic rings. The lowest BCUT2D eigenvalue weighted by molar-refractivity contribution is -0.113. The van der Waals surface area contributed by atoms with E-state index in [2.05, 4.69) is 0 Å². The maximum atomic E-state index is 13.0. The average Bonchev–Trinajstić information content (AvgIpc) is 2.58. The van der Waals surface area contributed by atoms with Crippen LogP contribution >= 0.6 is 0 Å². The van der Waals surface area contributed by atoms with Crippen molar-refractivity contribution in [3.8, 4) is 0 Å². The van der Waals surface area contributed by atoms with E-state index >= 15 is 0 Å². The van der Waals surface area contributed by atoms with Gasteiger partial charge in [0.25, 0.3) is 0 Å². The zero-order valence-corrected chi connectivity index (χ0v) is 13.4. The van der Waals surface area contributed by atoms with Gasteiger partial charge in [-0.25, -0.2) is 8.78 Å². The van der Waals surface area contributed by atoms with Crippen molar-refractivity contribution in [2.24, 2.45) is 5.92 Å². The third-order valence-corrected chi connectivity index (χ3v) is 4.33. The van der Waals surface area contributed by atoms with E-state index in [0.717, 1.165) is 28.7 Å². The highest BCUT2D eigenvalue weighted by Gasteiger charge is 2.26. The van der Waals surface area contributed by atoms with E-state index in [4.69, 9.17) is 0 Å². The van der Waals surface area contributed by atoms with Gasteiger partial charge in [0.05, 0.1) is 0 Å². The van der Waals surface area contributed by atoms with Crippen molar-refractivity contribution in [1.29, 1.82) is 0 Å². The van der Waals surface area contributed by atoms with Gasteiger partial charge in [-0.05, 0) is 66.3 Å². The molecule has 1 nitrogen and oxygen atoms in total. The van der Waals surface area contributed by atoms with Crippen LogP contribution in [0.2, 0.25) is 0 Å². The molecule has 2 aromatic carbocycles. The quantitative estimate of drug-likeness (QED) is 0.673. The van der Waals surface area contributed by atoms with Gasteiger partial charge < -0.3 is 0 Å². The van der Waals surface area contributed by atoms with Gasteiger partial charge in [0.15, 0.2) is 5.78 Å². The highest BCUT2D eigenvalue weighted by molar-refractivity contribution is 6.14. The number of carbonyl (C=O) groups excluding carboxylic acids is 1. The molecule has 1 atom stereocenters. The number of halogens is 2. The van der Waals surface area contributed by atoms with Gasteiger partial charge in [-0.1, -0.05) is 31.2 Å². The van der Waals surface area contributed by atoms with Gasteiger partial charge in [-0.15, -0.1) is 0 Å². The first-order valence-electron chi connectivity index (χ1n) is 8.01. The molecule has 122 valence electrons. The second-order valence-electron chi connectivity index (χ2n) is 6.14. The van der Waals surface area contributed by atoms with Crippen LogP contribution in [0.25, 0.3) is 12.2 Å². The number of ketones is 1. The third kappa shape index (κ3) is 3.67. The van der Waals surface area contributed by atoms with Crippen LogP contribution in [0.4, 0.5) is 8.78 Å². The molecule has 0 aliphatic heterocycles. The summed E-state index contributed by atoms with van der Waals surface area (Å²) in [6, 6.07) is 12.2. The van der Waals surface area contributed by atoms with Gasteiger partial charge in [0.1, 0.15) is 11.6 Å². The fraction of sp³-hybridized carbons (Fsp3) is 0.190. The molecule has 0 N–H and O–H groups in total. The molecule has 24 heavy (non-hydrogen) atoms. The van der Waals surface area contributed by atoms with Crippen LogP contribution in [-0.4, -0.2) is 5.78 Å². The van der Waals surface area contributed by atoms with Crippen molar-refractivity contribution in [2.45, 2.75) is 19.8 Å². The Hall–Kier alpha value is -2.55. The Morgan fingerprint density at radius 1 is 0.875 bits per heavy atom. The highest BCUT2D eigenvalue weighted by Crippen LogP contribution is 2.32. The third-order valence-electron chi connectivity index (χ3n) is 4.33. The molecular weight excluding hydrogens is 306 g/mol. The molecule has 0 bridgehead atoms. The number of carbonyl (C=O) groups is 1.